The Morgan fingerprint density at radius 1 is 0.969 bits per heavy atom. The summed E-state index contributed by atoms with van der Waals surface area (Å²) in [4.78, 5) is 40.0. The Labute approximate surface area is 180 Å². The zero-order valence-corrected chi connectivity index (χ0v) is 16.7. The third-order valence-electron chi connectivity index (χ3n) is 4.49. The van der Waals surface area contributed by atoms with Crippen LogP contribution in [-0.4, -0.2) is 30.8 Å². The molecule has 4 rings (SSSR count). The zero-order chi connectivity index (χ0) is 22.7. The summed E-state index contributed by atoms with van der Waals surface area (Å²) in [5.74, 6) is -0.904. The van der Waals surface area contributed by atoms with E-state index in [1.807, 2.05) is 28.2 Å². The van der Waals surface area contributed by atoms with Gasteiger partial charge in [0.05, 0.1) is 0 Å². The first-order valence-corrected chi connectivity index (χ1v) is 9.40. The van der Waals surface area contributed by atoms with E-state index in [1.165, 1.54) is 4.68 Å². The number of rotatable bonds is 5. The highest BCUT2D eigenvalue weighted by molar-refractivity contribution is 6.06. The van der Waals surface area contributed by atoms with Crippen LogP contribution in [-0.2, 0) is 7.05 Å². The summed E-state index contributed by atoms with van der Waals surface area (Å²) in [6.07, 6.45) is 0. The first kappa shape index (κ1) is 20.5. The van der Waals surface area contributed by atoms with Crippen molar-refractivity contribution in [1.82, 2.24) is 19.7 Å². The second-order valence-corrected chi connectivity index (χ2v) is 6.66. The molecule has 4 N–H and O–H groups in total. The lowest BCUT2D eigenvalue weighted by Gasteiger charge is -2.06. The molecule has 0 aliphatic carbocycles. The lowest BCUT2D eigenvalue weighted by molar-refractivity contribution is 0.102. The molecule has 32 heavy (non-hydrogen) atoms. The van der Waals surface area contributed by atoms with Crippen LogP contribution in [0.5, 0.6) is 5.88 Å². The number of amides is 1. The number of aryl methyl sites for hydroxylation is 1. The van der Waals surface area contributed by atoms with E-state index in [0.29, 0.717) is 16.8 Å². The Morgan fingerprint density at radius 3 is 2.25 bits per heavy atom. The number of aromatic nitrogens is 4. The molecule has 0 saturated heterocycles. The number of nitrogens with zero attached hydrogens (tertiary/aromatic N) is 4. The van der Waals surface area contributed by atoms with Crippen LogP contribution in [0.2, 0.25) is 0 Å². The first-order valence-electron chi connectivity index (χ1n) is 9.40. The number of anilines is 1. The molecule has 0 bridgehead atoms. The zero-order valence-electron chi connectivity index (χ0n) is 16.7. The van der Waals surface area contributed by atoms with E-state index in [9.17, 15) is 19.5 Å². The number of nitrogens with one attached hydrogen (secondary N) is 3. The molecule has 0 unspecified atom stereocenters. The van der Waals surface area contributed by atoms with E-state index in [2.05, 4.69) is 20.6 Å². The van der Waals surface area contributed by atoms with E-state index in [4.69, 9.17) is 0 Å². The molecule has 2 aromatic carbocycles. The van der Waals surface area contributed by atoms with Gasteiger partial charge in [0.25, 0.3) is 11.5 Å². The van der Waals surface area contributed by atoms with Gasteiger partial charge in [-0.1, -0.05) is 48.5 Å². The Kier molecular flexibility index (Phi) is 5.45. The lowest BCUT2D eigenvalue weighted by atomic mass is 10.1. The molecule has 0 radical (unpaired) electrons. The number of benzene rings is 2. The molecule has 0 aliphatic heterocycles. The monoisotopic (exact) mass is 431 g/mol. The third kappa shape index (κ3) is 4.07. The predicted octanol–water partition coefficient (Wildman–Crippen LogP) is 2.84. The highest BCUT2D eigenvalue weighted by Gasteiger charge is 2.21. The van der Waals surface area contributed by atoms with Gasteiger partial charge in [-0.05, 0) is 12.1 Å². The standard InChI is InChI=1S/C21H17N7O4/c1-28-17(22-18(29)13-10-6-3-7-11-13)15(14(27-28)12-8-4-2-5-9-12)25-26-16-19(30)23-21(32)24-20(16)31/h2-11H,1H3,(H,22,29)(H3,23,24,30,31,32). The SMILES string of the molecule is Cn1nc(-c2ccccc2)c(N=Nc2c(O)[nH]c(=O)[nH]c2=O)c1NC(=O)c1ccccc1. The fourth-order valence-corrected chi connectivity index (χ4v) is 2.97. The lowest BCUT2D eigenvalue weighted by Crippen LogP contribution is -2.20. The molecule has 4 aromatic rings. The predicted molar refractivity (Wildman–Crippen MR) is 117 cm³/mol. The Hall–Kier alpha value is -4.80. The fraction of sp³-hybridized carbons (Fsp3) is 0.0476. The Balaban J connectivity index is 1.82. The molecular formula is C21H17N7O4. The summed E-state index contributed by atoms with van der Waals surface area (Å²) in [5.41, 5.74) is -0.630. The van der Waals surface area contributed by atoms with Gasteiger partial charge in [0.1, 0.15) is 5.69 Å². The minimum atomic E-state index is -0.921. The molecule has 0 aliphatic rings. The van der Waals surface area contributed by atoms with Gasteiger partial charge in [-0.3, -0.25) is 19.6 Å². The van der Waals surface area contributed by atoms with Gasteiger partial charge in [0, 0.05) is 18.2 Å². The number of aromatic hydroxyl groups is 1. The number of carbonyl (C=O) groups is 1. The van der Waals surface area contributed by atoms with Crippen LogP contribution < -0.4 is 16.6 Å². The highest BCUT2D eigenvalue weighted by Crippen LogP contribution is 2.37. The van der Waals surface area contributed by atoms with E-state index in [0.717, 1.165) is 0 Å². The number of azo groups is 1. The largest absolute Gasteiger partial charge is 0.493 e. The average Bonchev–Trinajstić information content (AvgIpc) is 3.09. The summed E-state index contributed by atoms with van der Waals surface area (Å²) in [7, 11) is 1.62. The summed E-state index contributed by atoms with van der Waals surface area (Å²) in [6, 6.07) is 17.6. The van der Waals surface area contributed by atoms with Gasteiger partial charge < -0.3 is 10.4 Å². The maximum Gasteiger partial charge on any atom is 0.328 e. The Bertz CT molecular complexity index is 1420. The first-order chi connectivity index (χ1) is 15.4. The maximum atomic E-state index is 12.7. The van der Waals surface area contributed by atoms with Crippen molar-refractivity contribution in [3.05, 3.63) is 87.1 Å². The van der Waals surface area contributed by atoms with Gasteiger partial charge in [0.2, 0.25) is 11.6 Å². The van der Waals surface area contributed by atoms with Gasteiger partial charge in [-0.15, -0.1) is 10.2 Å². The van der Waals surface area contributed by atoms with Crippen LogP contribution in [0, 0.1) is 0 Å². The topological polar surface area (TPSA) is 158 Å². The molecule has 0 saturated carbocycles. The van der Waals surface area contributed by atoms with Crippen LogP contribution >= 0.6 is 0 Å². The third-order valence-corrected chi connectivity index (χ3v) is 4.49. The second kappa shape index (κ2) is 8.52. The molecule has 1 amide bonds. The number of hydrogen-bond acceptors (Lipinski definition) is 7. The summed E-state index contributed by atoms with van der Waals surface area (Å²) in [6.45, 7) is 0. The average molecular weight is 431 g/mol. The van der Waals surface area contributed by atoms with Crippen LogP contribution in [0.4, 0.5) is 17.2 Å². The van der Waals surface area contributed by atoms with Crippen molar-refractivity contribution in [2.75, 3.05) is 5.32 Å². The number of carbonyl (C=O) groups excluding carboxylic acids is 1. The molecule has 0 spiro atoms. The smallest absolute Gasteiger partial charge is 0.328 e. The van der Waals surface area contributed by atoms with Gasteiger partial charge in [-0.2, -0.15) is 5.10 Å². The highest BCUT2D eigenvalue weighted by atomic mass is 16.3. The second-order valence-electron chi connectivity index (χ2n) is 6.66. The van der Waals surface area contributed by atoms with Gasteiger partial charge in [-0.25, -0.2) is 9.48 Å². The number of hydrogen-bond donors (Lipinski definition) is 4. The van der Waals surface area contributed by atoms with Crippen molar-refractivity contribution in [3.8, 4) is 17.1 Å². The van der Waals surface area contributed by atoms with E-state index in [1.54, 1.807) is 49.5 Å². The molecule has 0 atom stereocenters. The van der Waals surface area contributed by atoms with Crippen LogP contribution in [0.15, 0.2) is 80.5 Å². The number of H-pyrrole nitrogens is 2. The summed E-state index contributed by atoms with van der Waals surface area (Å²) in [5, 5.41) is 25.0. The quantitative estimate of drug-likeness (QED) is 0.357. The normalized spacial score (nSPS) is 11.0. The van der Waals surface area contributed by atoms with E-state index < -0.39 is 28.7 Å². The van der Waals surface area contributed by atoms with Crippen molar-refractivity contribution in [1.29, 1.82) is 0 Å². The summed E-state index contributed by atoms with van der Waals surface area (Å²) < 4.78 is 1.43. The number of aromatic amines is 2. The molecular weight excluding hydrogens is 414 g/mol. The Morgan fingerprint density at radius 2 is 1.59 bits per heavy atom. The van der Waals surface area contributed by atoms with E-state index >= 15 is 0 Å². The molecule has 160 valence electrons. The van der Waals surface area contributed by atoms with Crippen molar-refractivity contribution in [2.24, 2.45) is 17.3 Å². The minimum absolute atomic E-state index is 0.160. The van der Waals surface area contributed by atoms with Gasteiger partial charge >= 0.3 is 5.69 Å². The summed E-state index contributed by atoms with van der Waals surface area (Å²) >= 11 is 0. The fourth-order valence-electron chi connectivity index (χ4n) is 2.97. The van der Waals surface area contributed by atoms with Crippen molar-refractivity contribution >= 4 is 23.1 Å². The van der Waals surface area contributed by atoms with E-state index in [-0.39, 0.29) is 11.5 Å². The van der Waals surface area contributed by atoms with Crippen LogP contribution in [0.3, 0.4) is 0 Å². The molecule has 2 heterocycles. The van der Waals surface area contributed by atoms with Crippen molar-refractivity contribution in [3.63, 3.8) is 0 Å². The molecule has 2 aromatic heterocycles. The molecule has 0 fully saturated rings. The van der Waals surface area contributed by atoms with Crippen LogP contribution in [0.25, 0.3) is 11.3 Å². The van der Waals surface area contributed by atoms with Crippen LogP contribution in [0.1, 0.15) is 10.4 Å². The maximum absolute atomic E-state index is 12.7. The van der Waals surface area contributed by atoms with Crippen molar-refractivity contribution < 1.29 is 9.90 Å². The minimum Gasteiger partial charge on any atom is -0.493 e. The molecule has 11 heteroatoms. The van der Waals surface area contributed by atoms with Gasteiger partial charge in [0.15, 0.2) is 11.5 Å². The molecule has 11 nitrogen and oxygen atoms in total. The van der Waals surface area contributed by atoms with Crippen molar-refractivity contribution in [2.45, 2.75) is 0 Å².